The highest BCUT2D eigenvalue weighted by molar-refractivity contribution is 5.97. The molecular formula is C20H22N2O4. The molecular weight excluding hydrogens is 332 g/mol. The fraction of sp³-hybridized carbons (Fsp3) is 0.300. The maximum absolute atomic E-state index is 12.1. The first-order valence-electron chi connectivity index (χ1n) is 8.54. The number of benzene rings is 2. The van der Waals surface area contributed by atoms with Gasteiger partial charge in [-0.2, -0.15) is 0 Å². The van der Waals surface area contributed by atoms with Gasteiger partial charge in [-0.1, -0.05) is 6.07 Å². The summed E-state index contributed by atoms with van der Waals surface area (Å²) >= 11 is 0. The molecule has 0 unspecified atom stereocenters. The summed E-state index contributed by atoms with van der Waals surface area (Å²) in [7, 11) is 1.58. The molecule has 26 heavy (non-hydrogen) atoms. The molecule has 0 saturated carbocycles. The Labute approximate surface area is 152 Å². The third-order valence-electron chi connectivity index (χ3n) is 4.26. The molecule has 6 heteroatoms. The number of hydrogen-bond acceptors (Lipinski definition) is 4. The molecule has 0 bridgehead atoms. The van der Waals surface area contributed by atoms with Crippen LogP contribution in [0.15, 0.2) is 42.5 Å². The van der Waals surface area contributed by atoms with Crippen molar-refractivity contribution in [1.29, 1.82) is 0 Å². The lowest BCUT2D eigenvalue weighted by atomic mass is 10.1. The molecule has 6 nitrogen and oxygen atoms in total. The average molecular weight is 354 g/mol. The molecule has 1 N–H and O–H groups in total. The Morgan fingerprint density at radius 1 is 1.19 bits per heavy atom. The van der Waals surface area contributed by atoms with Crippen molar-refractivity contribution >= 4 is 23.2 Å². The lowest BCUT2D eigenvalue weighted by molar-refractivity contribution is -0.118. The molecule has 2 aromatic rings. The summed E-state index contributed by atoms with van der Waals surface area (Å²) in [6, 6.07) is 12.6. The van der Waals surface area contributed by atoms with E-state index in [2.05, 4.69) is 5.32 Å². The number of methoxy groups -OCH3 is 1. The summed E-state index contributed by atoms with van der Waals surface area (Å²) in [5.41, 5.74) is 2.53. The Morgan fingerprint density at radius 3 is 2.69 bits per heavy atom. The summed E-state index contributed by atoms with van der Waals surface area (Å²) in [5, 5.41) is 2.81. The second kappa shape index (κ2) is 7.91. The third-order valence-corrected chi connectivity index (χ3v) is 4.26. The molecule has 0 spiro atoms. The average Bonchev–Trinajstić information content (AvgIpc) is 3.06. The number of hydrogen-bond donors (Lipinski definition) is 1. The summed E-state index contributed by atoms with van der Waals surface area (Å²) in [4.78, 5) is 25.8. The van der Waals surface area contributed by atoms with Gasteiger partial charge in [-0.05, 0) is 49.2 Å². The minimum absolute atomic E-state index is 0.0986. The Balaban J connectivity index is 1.59. The van der Waals surface area contributed by atoms with Crippen LogP contribution in [0.1, 0.15) is 18.4 Å². The molecule has 2 amide bonds. The number of ether oxygens (including phenoxy) is 2. The monoisotopic (exact) mass is 354 g/mol. The normalized spacial score (nSPS) is 13.6. The minimum atomic E-state index is -0.253. The molecule has 1 aliphatic rings. The van der Waals surface area contributed by atoms with Crippen molar-refractivity contribution in [2.45, 2.75) is 19.8 Å². The number of carbonyl (C=O) groups excluding carboxylic acids is 2. The van der Waals surface area contributed by atoms with E-state index in [-0.39, 0.29) is 18.4 Å². The topological polar surface area (TPSA) is 67.9 Å². The first-order chi connectivity index (χ1) is 12.6. The van der Waals surface area contributed by atoms with Crippen LogP contribution in [0.4, 0.5) is 11.4 Å². The zero-order chi connectivity index (χ0) is 18.5. The first kappa shape index (κ1) is 17.8. The van der Waals surface area contributed by atoms with Crippen molar-refractivity contribution < 1.29 is 19.1 Å². The van der Waals surface area contributed by atoms with Gasteiger partial charge < -0.3 is 19.7 Å². The SMILES string of the molecule is COc1cccc(OCC(=O)Nc2ccc(N3CCCC3=O)c(C)c2)c1. The van der Waals surface area contributed by atoms with Gasteiger partial charge in [0.25, 0.3) is 5.91 Å². The van der Waals surface area contributed by atoms with Crippen LogP contribution in [0.2, 0.25) is 0 Å². The van der Waals surface area contributed by atoms with E-state index in [0.717, 1.165) is 24.2 Å². The van der Waals surface area contributed by atoms with Gasteiger partial charge in [-0.15, -0.1) is 0 Å². The highest BCUT2D eigenvalue weighted by Crippen LogP contribution is 2.27. The maximum atomic E-state index is 12.1. The fourth-order valence-corrected chi connectivity index (χ4v) is 2.98. The van der Waals surface area contributed by atoms with Gasteiger partial charge in [0.15, 0.2) is 6.61 Å². The van der Waals surface area contributed by atoms with Gasteiger partial charge in [-0.25, -0.2) is 0 Å². The van der Waals surface area contributed by atoms with Gasteiger partial charge in [0.2, 0.25) is 5.91 Å². The number of rotatable bonds is 6. The fourth-order valence-electron chi connectivity index (χ4n) is 2.98. The number of amides is 2. The lowest BCUT2D eigenvalue weighted by Crippen LogP contribution is -2.24. The van der Waals surface area contributed by atoms with Gasteiger partial charge in [0.05, 0.1) is 7.11 Å². The van der Waals surface area contributed by atoms with Crippen LogP contribution in [0.25, 0.3) is 0 Å². The van der Waals surface area contributed by atoms with E-state index >= 15 is 0 Å². The van der Waals surface area contributed by atoms with Crippen LogP contribution in [0.3, 0.4) is 0 Å². The Hall–Kier alpha value is -3.02. The zero-order valence-corrected chi connectivity index (χ0v) is 15.0. The Bertz CT molecular complexity index is 819. The molecule has 0 radical (unpaired) electrons. The van der Waals surface area contributed by atoms with Crippen molar-refractivity contribution in [3.63, 3.8) is 0 Å². The number of carbonyl (C=O) groups is 2. The molecule has 2 aromatic carbocycles. The van der Waals surface area contributed by atoms with E-state index in [9.17, 15) is 9.59 Å². The predicted octanol–water partition coefficient (Wildman–Crippen LogP) is 3.15. The van der Waals surface area contributed by atoms with Crippen LogP contribution < -0.4 is 19.7 Å². The van der Waals surface area contributed by atoms with Crippen LogP contribution in [0, 0.1) is 6.92 Å². The predicted molar refractivity (Wildman–Crippen MR) is 99.9 cm³/mol. The van der Waals surface area contributed by atoms with Gasteiger partial charge in [-0.3, -0.25) is 9.59 Å². The first-order valence-corrected chi connectivity index (χ1v) is 8.54. The third kappa shape index (κ3) is 4.14. The molecule has 0 atom stereocenters. The molecule has 0 aromatic heterocycles. The van der Waals surface area contributed by atoms with E-state index in [1.807, 2.05) is 25.1 Å². The number of aryl methyl sites for hydroxylation is 1. The van der Waals surface area contributed by atoms with E-state index in [1.54, 1.807) is 36.3 Å². The quantitative estimate of drug-likeness (QED) is 0.865. The minimum Gasteiger partial charge on any atom is -0.497 e. The molecule has 1 heterocycles. The van der Waals surface area contributed by atoms with E-state index in [1.165, 1.54) is 0 Å². The van der Waals surface area contributed by atoms with Crippen molar-refractivity contribution in [2.75, 3.05) is 30.5 Å². The number of nitrogens with one attached hydrogen (secondary N) is 1. The Kier molecular flexibility index (Phi) is 5.41. The molecule has 136 valence electrons. The van der Waals surface area contributed by atoms with Crippen LogP contribution in [-0.2, 0) is 9.59 Å². The largest absolute Gasteiger partial charge is 0.497 e. The maximum Gasteiger partial charge on any atom is 0.262 e. The smallest absolute Gasteiger partial charge is 0.262 e. The van der Waals surface area contributed by atoms with Crippen molar-refractivity contribution in [3.8, 4) is 11.5 Å². The molecule has 1 fully saturated rings. The van der Waals surface area contributed by atoms with Crippen molar-refractivity contribution in [3.05, 3.63) is 48.0 Å². The van der Waals surface area contributed by atoms with Gasteiger partial charge in [0.1, 0.15) is 11.5 Å². The molecule has 3 rings (SSSR count). The van der Waals surface area contributed by atoms with Crippen LogP contribution in [0.5, 0.6) is 11.5 Å². The summed E-state index contributed by atoms with van der Waals surface area (Å²) in [6.07, 6.45) is 1.48. The molecule has 1 aliphatic heterocycles. The molecule has 0 aliphatic carbocycles. The summed E-state index contributed by atoms with van der Waals surface area (Å²) in [5.74, 6) is 1.14. The standard InChI is InChI=1S/C20H22N2O4/c1-14-11-15(8-9-18(14)22-10-4-7-20(22)24)21-19(23)13-26-17-6-3-5-16(12-17)25-2/h3,5-6,8-9,11-12H,4,7,10,13H2,1-2H3,(H,21,23). The van der Waals surface area contributed by atoms with Crippen LogP contribution >= 0.6 is 0 Å². The van der Waals surface area contributed by atoms with Crippen molar-refractivity contribution in [1.82, 2.24) is 0 Å². The molecule has 1 saturated heterocycles. The number of nitrogens with zero attached hydrogens (tertiary/aromatic N) is 1. The highest BCUT2D eigenvalue weighted by atomic mass is 16.5. The van der Waals surface area contributed by atoms with Crippen LogP contribution in [-0.4, -0.2) is 32.1 Å². The van der Waals surface area contributed by atoms with E-state index in [4.69, 9.17) is 9.47 Å². The van der Waals surface area contributed by atoms with E-state index in [0.29, 0.717) is 23.6 Å². The highest BCUT2D eigenvalue weighted by Gasteiger charge is 2.23. The second-order valence-corrected chi connectivity index (χ2v) is 6.17. The summed E-state index contributed by atoms with van der Waals surface area (Å²) in [6.45, 7) is 2.58. The van der Waals surface area contributed by atoms with Gasteiger partial charge in [0, 0.05) is 30.4 Å². The number of anilines is 2. The zero-order valence-electron chi connectivity index (χ0n) is 15.0. The van der Waals surface area contributed by atoms with Crippen molar-refractivity contribution in [2.24, 2.45) is 0 Å². The lowest BCUT2D eigenvalue weighted by Gasteiger charge is -2.19. The second-order valence-electron chi connectivity index (χ2n) is 6.17. The Morgan fingerprint density at radius 2 is 2.00 bits per heavy atom. The van der Waals surface area contributed by atoms with Gasteiger partial charge >= 0.3 is 0 Å². The van der Waals surface area contributed by atoms with E-state index < -0.39 is 0 Å². The summed E-state index contributed by atoms with van der Waals surface area (Å²) < 4.78 is 10.6.